The highest BCUT2D eigenvalue weighted by Crippen LogP contribution is 2.40. The van der Waals surface area contributed by atoms with Crippen LogP contribution in [0.1, 0.15) is 29.5 Å². The van der Waals surface area contributed by atoms with Crippen molar-refractivity contribution >= 4 is 11.8 Å². The molecule has 0 aliphatic carbocycles. The third-order valence-corrected chi connectivity index (χ3v) is 6.08. The number of allylic oxidation sites excluding steroid dienone is 1. The topological polar surface area (TPSA) is 115 Å². The number of hydrogen-bond acceptors (Lipinski definition) is 7. The molecule has 1 fully saturated rings. The first-order valence-corrected chi connectivity index (χ1v) is 9.65. The molecule has 1 saturated heterocycles. The van der Waals surface area contributed by atoms with Gasteiger partial charge in [0.1, 0.15) is 5.69 Å². The highest BCUT2D eigenvalue weighted by Gasteiger charge is 2.35. The van der Waals surface area contributed by atoms with Gasteiger partial charge in [0.2, 0.25) is 0 Å². The molecule has 27 heavy (non-hydrogen) atoms. The lowest BCUT2D eigenvalue weighted by Gasteiger charge is -2.16. The number of hydrogen-bond donors (Lipinski definition) is 2. The molecule has 9 nitrogen and oxygen atoms in total. The molecule has 3 atom stereocenters. The summed E-state index contributed by atoms with van der Waals surface area (Å²) in [6.07, 6.45) is 5.39. The van der Waals surface area contributed by atoms with Crippen molar-refractivity contribution in [2.75, 3.05) is 6.61 Å². The van der Waals surface area contributed by atoms with E-state index in [9.17, 15) is 19.8 Å². The fourth-order valence-corrected chi connectivity index (χ4v) is 4.43. The molecule has 1 aliphatic rings. The number of thioether (sulfide) groups is 1. The molecule has 3 rings (SSSR count). The number of aliphatic hydroxyl groups is 2. The van der Waals surface area contributed by atoms with Gasteiger partial charge >= 0.3 is 5.69 Å². The molecule has 10 heteroatoms. The Labute approximate surface area is 159 Å². The van der Waals surface area contributed by atoms with Gasteiger partial charge in [0.15, 0.2) is 0 Å². The van der Waals surface area contributed by atoms with E-state index in [2.05, 4.69) is 16.9 Å². The van der Waals surface area contributed by atoms with Crippen molar-refractivity contribution in [2.24, 2.45) is 0 Å². The van der Waals surface area contributed by atoms with Crippen LogP contribution in [0.5, 0.6) is 0 Å². The zero-order valence-corrected chi connectivity index (χ0v) is 15.9. The van der Waals surface area contributed by atoms with Gasteiger partial charge < -0.3 is 10.2 Å². The predicted molar refractivity (Wildman–Crippen MR) is 102 cm³/mol. The van der Waals surface area contributed by atoms with E-state index < -0.39 is 11.8 Å². The van der Waals surface area contributed by atoms with Gasteiger partial charge in [0.05, 0.1) is 36.1 Å². The van der Waals surface area contributed by atoms with Crippen molar-refractivity contribution < 1.29 is 10.2 Å². The van der Waals surface area contributed by atoms with E-state index in [1.54, 1.807) is 23.9 Å². The maximum Gasteiger partial charge on any atom is 0.332 e. The number of aliphatic hydroxyl groups excluding tert-OH is 2. The van der Waals surface area contributed by atoms with Crippen LogP contribution in [0.3, 0.4) is 0 Å². The van der Waals surface area contributed by atoms with Crippen LogP contribution in [0.2, 0.25) is 0 Å². The quantitative estimate of drug-likeness (QED) is 0.631. The Morgan fingerprint density at radius 1 is 1.41 bits per heavy atom. The van der Waals surface area contributed by atoms with E-state index in [1.807, 2.05) is 0 Å². The van der Waals surface area contributed by atoms with Crippen molar-refractivity contribution in [3.8, 4) is 0 Å². The Kier molecular flexibility index (Phi) is 5.98. The van der Waals surface area contributed by atoms with Gasteiger partial charge in [-0.1, -0.05) is 11.3 Å². The Hall–Kier alpha value is -2.17. The summed E-state index contributed by atoms with van der Waals surface area (Å²) in [6.45, 7) is 5.80. The van der Waals surface area contributed by atoms with E-state index in [1.165, 1.54) is 22.5 Å². The summed E-state index contributed by atoms with van der Waals surface area (Å²) >= 11 is 1.33. The molecular formula is C17H23N5O4S. The molecule has 146 valence electrons. The molecule has 2 unspecified atom stereocenters. The molecule has 0 spiro atoms. The molecule has 2 N–H and O–H groups in total. The number of rotatable bonds is 7. The molecule has 0 saturated carbocycles. The average molecular weight is 393 g/mol. The third kappa shape index (κ3) is 4.07. The van der Waals surface area contributed by atoms with Gasteiger partial charge in [0.25, 0.3) is 5.56 Å². The van der Waals surface area contributed by atoms with Crippen molar-refractivity contribution in [1.82, 2.24) is 24.1 Å². The second kappa shape index (κ2) is 8.24. The lowest BCUT2D eigenvalue weighted by atomic mass is 10.2. The minimum Gasteiger partial charge on any atom is -0.395 e. The minimum atomic E-state index is -0.692. The van der Waals surface area contributed by atoms with E-state index in [0.29, 0.717) is 24.2 Å². The van der Waals surface area contributed by atoms with Gasteiger partial charge in [-0.2, -0.15) is 0 Å². The standard InChI is InChI=1S/C17H23N5O4S/c1-3-4-5-20-8-12(18-19-20)9-22-16(25)11(2)7-21(17(22)26)15-6-13(24)14(10-23)27-15/h3,7-8,13-15,23-24H,1,4-6,9-10H2,2H3/t13?,14-,15?/m1/s1. The monoisotopic (exact) mass is 393 g/mol. The molecule has 0 bridgehead atoms. The van der Waals surface area contributed by atoms with Crippen LogP contribution >= 0.6 is 11.8 Å². The Bertz CT molecular complexity index is 934. The highest BCUT2D eigenvalue weighted by atomic mass is 32.2. The minimum absolute atomic E-state index is 0.0246. The Morgan fingerprint density at radius 3 is 2.85 bits per heavy atom. The molecule has 0 amide bonds. The summed E-state index contributed by atoms with van der Waals surface area (Å²) in [5.74, 6) is 0. The fourth-order valence-electron chi connectivity index (χ4n) is 3.06. The fraction of sp³-hybridized carbons (Fsp3) is 0.529. The van der Waals surface area contributed by atoms with Crippen LogP contribution in [0, 0.1) is 6.92 Å². The first-order chi connectivity index (χ1) is 12.9. The first kappa shape index (κ1) is 19.6. The molecule has 0 radical (unpaired) electrons. The maximum absolute atomic E-state index is 12.9. The van der Waals surface area contributed by atoms with Crippen LogP contribution in [0.25, 0.3) is 0 Å². The lowest BCUT2D eigenvalue weighted by molar-refractivity contribution is 0.137. The smallest absolute Gasteiger partial charge is 0.332 e. The Morgan fingerprint density at radius 2 is 2.19 bits per heavy atom. The molecule has 1 aliphatic heterocycles. The molecule has 2 aromatic rings. The molecular weight excluding hydrogens is 370 g/mol. The van der Waals surface area contributed by atoms with Crippen LogP contribution in [-0.4, -0.2) is 52.3 Å². The van der Waals surface area contributed by atoms with Crippen molar-refractivity contribution in [2.45, 2.75) is 49.6 Å². The maximum atomic E-state index is 12.9. The van der Waals surface area contributed by atoms with Gasteiger partial charge in [0, 0.05) is 24.7 Å². The zero-order chi connectivity index (χ0) is 19.6. The zero-order valence-electron chi connectivity index (χ0n) is 15.1. The summed E-state index contributed by atoms with van der Waals surface area (Å²) in [7, 11) is 0. The van der Waals surface area contributed by atoms with Gasteiger partial charge in [-0.05, 0) is 13.3 Å². The second-order valence-electron chi connectivity index (χ2n) is 6.56. The number of nitrogens with zero attached hydrogens (tertiary/aromatic N) is 5. The SMILES string of the molecule is C=CCCn1cc(Cn2c(=O)c(C)cn(C3CC(O)[C@@H](CO)S3)c2=O)nn1. The largest absolute Gasteiger partial charge is 0.395 e. The summed E-state index contributed by atoms with van der Waals surface area (Å²) in [4.78, 5) is 25.4. The number of aromatic nitrogens is 5. The van der Waals surface area contributed by atoms with Crippen LogP contribution in [0.15, 0.2) is 34.6 Å². The number of aryl methyl sites for hydroxylation is 2. The van der Waals surface area contributed by atoms with Gasteiger partial charge in [-0.25, -0.2) is 4.79 Å². The van der Waals surface area contributed by atoms with E-state index in [-0.39, 0.29) is 29.3 Å². The first-order valence-electron chi connectivity index (χ1n) is 8.71. The van der Waals surface area contributed by atoms with Crippen LogP contribution in [-0.2, 0) is 13.1 Å². The lowest BCUT2D eigenvalue weighted by Crippen LogP contribution is -2.41. The summed E-state index contributed by atoms with van der Waals surface area (Å²) in [6, 6.07) is 0. The van der Waals surface area contributed by atoms with Crippen LogP contribution in [0.4, 0.5) is 0 Å². The summed E-state index contributed by atoms with van der Waals surface area (Å²) in [5, 5.41) is 26.7. The van der Waals surface area contributed by atoms with E-state index >= 15 is 0 Å². The normalized spacial score (nSPS) is 22.3. The van der Waals surface area contributed by atoms with Crippen LogP contribution < -0.4 is 11.2 Å². The summed E-state index contributed by atoms with van der Waals surface area (Å²) < 4.78 is 4.24. The van der Waals surface area contributed by atoms with Gasteiger partial charge in [-0.3, -0.25) is 18.6 Å². The molecule has 3 heterocycles. The Balaban J connectivity index is 1.91. The van der Waals surface area contributed by atoms with Gasteiger partial charge in [-0.15, -0.1) is 23.4 Å². The predicted octanol–water partition coefficient (Wildman–Crippen LogP) is -0.108. The van der Waals surface area contributed by atoms with E-state index in [4.69, 9.17) is 0 Å². The van der Waals surface area contributed by atoms with Crippen molar-refractivity contribution in [3.05, 3.63) is 57.1 Å². The third-order valence-electron chi connectivity index (χ3n) is 4.53. The second-order valence-corrected chi connectivity index (χ2v) is 7.98. The van der Waals surface area contributed by atoms with E-state index in [0.717, 1.165) is 11.0 Å². The average Bonchev–Trinajstić information content (AvgIpc) is 3.26. The molecule has 0 aromatic carbocycles. The summed E-state index contributed by atoms with van der Waals surface area (Å²) in [5.41, 5.74) is 0.104. The van der Waals surface area contributed by atoms with Crippen molar-refractivity contribution in [3.63, 3.8) is 0 Å². The molecule has 2 aromatic heterocycles. The van der Waals surface area contributed by atoms with Crippen molar-refractivity contribution in [1.29, 1.82) is 0 Å². The highest BCUT2D eigenvalue weighted by molar-refractivity contribution is 8.00.